The molecule has 3 aromatic rings. The molecule has 144 valence electrons. The van der Waals surface area contributed by atoms with E-state index in [0.717, 1.165) is 45.1 Å². The fourth-order valence-corrected chi connectivity index (χ4v) is 5.82. The summed E-state index contributed by atoms with van der Waals surface area (Å²) < 4.78 is 10.8. The normalized spacial score (nSPS) is 15.6. The van der Waals surface area contributed by atoms with Crippen LogP contribution in [-0.4, -0.2) is 28.4 Å². The summed E-state index contributed by atoms with van der Waals surface area (Å²) in [6, 6.07) is 5.64. The summed E-state index contributed by atoms with van der Waals surface area (Å²) in [6.45, 7) is 2.21. The number of carbonyl (C=O) groups excluding carboxylic acids is 1. The Morgan fingerprint density at radius 3 is 3.11 bits per heavy atom. The number of aromatic nitrogens is 2. The first-order chi connectivity index (χ1) is 13.7. The summed E-state index contributed by atoms with van der Waals surface area (Å²) in [5, 5.41) is 5.12. The molecular formula is C20H19N3O3S2. The highest BCUT2D eigenvalue weighted by Gasteiger charge is 2.22. The second kappa shape index (κ2) is 7.25. The van der Waals surface area contributed by atoms with Crippen LogP contribution in [0.3, 0.4) is 0 Å². The van der Waals surface area contributed by atoms with Gasteiger partial charge in [0.15, 0.2) is 11.5 Å². The fraction of sp³-hybridized carbons (Fsp3) is 0.350. The van der Waals surface area contributed by atoms with Gasteiger partial charge in [0.05, 0.1) is 11.8 Å². The van der Waals surface area contributed by atoms with E-state index in [0.29, 0.717) is 5.75 Å². The van der Waals surface area contributed by atoms with Crippen LogP contribution in [0.4, 0.5) is 0 Å². The SMILES string of the molecule is C[C@@H](NC(=O)CSc1ncnc2sc3c(c12)CCC3)c1ccc2c(c1)OCO2. The molecule has 0 spiro atoms. The third-order valence-electron chi connectivity index (χ3n) is 5.08. The van der Waals surface area contributed by atoms with Crippen LogP contribution in [-0.2, 0) is 17.6 Å². The van der Waals surface area contributed by atoms with Crippen molar-refractivity contribution in [2.75, 3.05) is 12.5 Å². The number of aryl methyl sites for hydroxylation is 2. The third kappa shape index (κ3) is 3.20. The number of carbonyl (C=O) groups is 1. The highest BCUT2D eigenvalue weighted by atomic mass is 32.2. The van der Waals surface area contributed by atoms with Gasteiger partial charge in [0.25, 0.3) is 0 Å². The maximum atomic E-state index is 12.5. The lowest BCUT2D eigenvalue weighted by atomic mass is 10.1. The number of rotatable bonds is 5. The molecule has 5 rings (SSSR count). The minimum absolute atomic E-state index is 0.0196. The Bertz CT molecular complexity index is 1070. The van der Waals surface area contributed by atoms with Crippen molar-refractivity contribution in [2.45, 2.75) is 37.3 Å². The molecule has 1 N–H and O–H groups in total. The van der Waals surface area contributed by atoms with Crippen LogP contribution < -0.4 is 14.8 Å². The monoisotopic (exact) mass is 413 g/mol. The molecule has 8 heteroatoms. The quantitative estimate of drug-likeness (QED) is 0.506. The number of thiophene rings is 1. The van der Waals surface area contributed by atoms with Gasteiger partial charge in [-0.3, -0.25) is 4.79 Å². The second-order valence-corrected chi connectivity index (χ2v) is 8.95. The van der Waals surface area contributed by atoms with Gasteiger partial charge in [-0.2, -0.15) is 0 Å². The van der Waals surface area contributed by atoms with E-state index in [9.17, 15) is 4.79 Å². The predicted molar refractivity (Wildman–Crippen MR) is 109 cm³/mol. The molecule has 1 amide bonds. The Morgan fingerprint density at radius 2 is 2.18 bits per heavy atom. The molecular weight excluding hydrogens is 394 g/mol. The van der Waals surface area contributed by atoms with E-state index >= 15 is 0 Å². The molecule has 3 heterocycles. The van der Waals surface area contributed by atoms with Crippen LogP contribution in [0.2, 0.25) is 0 Å². The average Bonchev–Trinajstić information content (AvgIpc) is 3.40. The maximum Gasteiger partial charge on any atom is 0.231 e. The van der Waals surface area contributed by atoms with Gasteiger partial charge in [-0.1, -0.05) is 17.8 Å². The Morgan fingerprint density at radius 1 is 1.29 bits per heavy atom. The molecule has 0 bridgehead atoms. The molecule has 1 aromatic carbocycles. The lowest BCUT2D eigenvalue weighted by molar-refractivity contribution is -0.119. The molecule has 0 unspecified atom stereocenters. The summed E-state index contributed by atoms with van der Waals surface area (Å²) in [5.74, 6) is 1.77. The van der Waals surface area contributed by atoms with Gasteiger partial charge in [-0.15, -0.1) is 11.3 Å². The van der Waals surface area contributed by atoms with Gasteiger partial charge >= 0.3 is 0 Å². The van der Waals surface area contributed by atoms with E-state index in [1.165, 1.54) is 28.6 Å². The van der Waals surface area contributed by atoms with Crippen LogP contribution in [0.5, 0.6) is 11.5 Å². The van der Waals surface area contributed by atoms with Gasteiger partial charge in [0.1, 0.15) is 16.2 Å². The summed E-state index contributed by atoms with van der Waals surface area (Å²) in [4.78, 5) is 23.9. The second-order valence-electron chi connectivity index (χ2n) is 6.91. The number of hydrogen-bond donors (Lipinski definition) is 1. The van der Waals surface area contributed by atoms with E-state index in [2.05, 4.69) is 15.3 Å². The smallest absolute Gasteiger partial charge is 0.231 e. The van der Waals surface area contributed by atoms with Gasteiger partial charge in [-0.05, 0) is 49.4 Å². The van der Waals surface area contributed by atoms with E-state index < -0.39 is 0 Å². The molecule has 1 aliphatic heterocycles. The number of hydrogen-bond acceptors (Lipinski definition) is 7. The third-order valence-corrected chi connectivity index (χ3v) is 7.27. The van der Waals surface area contributed by atoms with Crippen molar-refractivity contribution in [3.8, 4) is 11.5 Å². The Labute approximate surface area is 170 Å². The number of fused-ring (bicyclic) bond motifs is 4. The Kier molecular flexibility index (Phi) is 4.60. The van der Waals surface area contributed by atoms with E-state index in [4.69, 9.17) is 9.47 Å². The zero-order chi connectivity index (χ0) is 19.1. The van der Waals surface area contributed by atoms with Gasteiger partial charge in [0.2, 0.25) is 12.7 Å². The average molecular weight is 414 g/mol. The molecule has 0 radical (unpaired) electrons. The predicted octanol–water partition coefficient (Wildman–Crippen LogP) is 3.88. The van der Waals surface area contributed by atoms with Crippen LogP contribution in [0, 0.1) is 0 Å². The van der Waals surface area contributed by atoms with E-state index in [-0.39, 0.29) is 18.7 Å². The van der Waals surface area contributed by atoms with Crippen molar-refractivity contribution in [3.63, 3.8) is 0 Å². The largest absolute Gasteiger partial charge is 0.454 e. The van der Waals surface area contributed by atoms with E-state index in [1.807, 2.05) is 25.1 Å². The van der Waals surface area contributed by atoms with E-state index in [1.54, 1.807) is 17.7 Å². The Balaban J connectivity index is 1.26. The first-order valence-corrected chi connectivity index (χ1v) is 11.1. The first kappa shape index (κ1) is 17.8. The van der Waals surface area contributed by atoms with Crippen molar-refractivity contribution in [3.05, 3.63) is 40.5 Å². The zero-order valence-corrected chi connectivity index (χ0v) is 17.0. The van der Waals surface area contributed by atoms with Crippen LogP contribution in [0.15, 0.2) is 29.6 Å². The van der Waals surface area contributed by atoms with Gasteiger partial charge in [-0.25, -0.2) is 9.97 Å². The summed E-state index contributed by atoms with van der Waals surface area (Å²) >= 11 is 3.25. The maximum absolute atomic E-state index is 12.5. The van der Waals surface area contributed by atoms with Gasteiger partial charge < -0.3 is 14.8 Å². The molecule has 1 atom stereocenters. The summed E-state index contributed by atoms with van der Waals surface area (Å²) in [6.07, 6.45) is 5.02. The number of ether oxygens (including phenoxy) is 2. The number of nitrogens with one attached hydrogen (secondary N) is 1. The van der Waals surface area contributed by atoms with Crippen molar-refractivity contribution in [1.82, 2.24) is 15.3 Å². The van der Waals surface area contributed by atoms with Crippen molar-refractivity contribution >= 4 is 39.2 Å². The van der Waals surface area contributed by atoms with Gasteiger partial charge in [0, 0.05) is 10.3 Å². The number of benzene rings is 1. The highest BCUT2D eigenvalue weighted by molar-refractivity contribution is 8.00. The minimum atomic E-state index is -0.113. The molecule has 2 aromatic heterocycles. The number of nitrogens with zero attached hydrogens (tertiary/aromatic N) is 2. The zero-order valence-electron chi connectivity index (χ0n) is 15.4. The lowest BCUT2D eigenvalue weighted by Gasteiger charge is -2.14. The lowest BCUT2D eigenvalue weighted by Crippen LogP contribution is -2.28. The van der Waals surface area contributed by atoms with Crippen molar-refractivity contribution in [1.29, 1.82) is 0 Å². The van der Waals surface area contributed by atoms with Crippen LogP contribution in [0.25, 0.3) is 10.2 Å². The molecule has 0 fully saturated rings. The summed E-state index contributed by atoms with van der Waals surface area (Å²) in [5.41, 5.74) is 2.37. The molecule has 28 heavy (non-hydrogen) atoms. The molecule has 6 nitrogen and oxygen atoms in total. The van der Waals surface area contributed by atoms with Crippen LogP contribution >= 0.6 is 23.1 Å². The Hall–Kier alpha value is -2.32. The molecule has 0 saturated carbocycles. The van der Waals surface area contributed by atoms with Crippen LogP contribution in [0.1, 0.15) is 35.4 Å². The number of amides is 1. The molecule has 0 saturated heterocycles. The van der Waals surface area contributed by atoms with Crippen molar-refractivity contribution < 1.29 is 14.3 Å². The topological polar surface area (TPSA) is 73.3 Å². The first-order valence-electron chi connectivity index (χ1n) is 9.26. The van der Waals surface area contributed by atoms with Crippen molar-refractivity contribution in [2.24, 2.45) is 0 Å². The molecule has 1 aliphatic carbocycles. The highest BCUT2D eigenvalue weighted by Crippen LogP contribution is 2.40. The fourth-order valence-electron chi connectivity index (χ4n) is 3.69. The molecule has 2 aliphatic rings. The summed E-state index contributed by atoms with van der Waals surface area (Å²) in [7, 11) is 0. The standard InChI is InChI=1S/C20H19N3O3S2/c1-11(12-5-6-14-15(7-12)26-10-25-14)23-17(24)8-27-19-18-13-3-2-4-16(13)28-20(18)22-9-21-19/h5-7,9,11H,2-4,8,10H2,1H3,(H,23,24)/t11-/m1/s1. The minimum Gasteiger partial charge on any atom is -0.454 e. The number of thioether (sulfide) groups is 1.